The first-order chi connectivity index (χ1) is 7.09. The van der Waals surface area contributed by atoms with Gasteiger partial charge in [0.05, 0.1) is 11.8 Å². The summed E-state index contributed by atoms with van der Waals surface area (Å²) in [6.07, 6.45) is -3.61. The highest BCUT2D eigenvalue weighted by Gasteiger charge is 2.32. The van der Waals surface area contributed by atoms with E-state index in [4.69, 9.17) is 0 Å². The second kappa shape index (κ2) is 3.97. The van der Waals surface area contributed by atoms with E-state index in [2.05, 4.69) is 0 Å². The summed E-state index contributed by atoms with van der Waals surface area (Å²) < 4.78 is 61.2. The normalized spacial score (nSPS) is 12.6. The van der Waals surface area contributed by atoms with Gasteiger partial charge in [0.1, 0.15) is 0 Å². The molecule has 1 N–H and O–H groups in total. The number of hydrogen-bond donors (Lipinski definition) is 1. The summed E-state index contributed by atoms with van der Waals surface area (Å²) in [5.41, 5.74) is -0.895. The SMILES string of the molecule is Cc1ccc(NS(C)(=O)=O)cc1C(F)(F)F. The topological polar surface area (TPSA) is 46.2 Å². The lowest BCUT2D eigenvalue weighted by atomic mass is 10.1. The summed E-state index contributed by atoms with van der Waals surface area (Å²) in [5.74, 6) is 0. The van der Waals surface area contributed by atoms with Crippen LogP contribution in [-0.4, -0.2) is 14.7 Å². The highest BCUT2D eigenvalue weighted by molar-refractivity contribution is 7.92. The molecule has 90 valence electrons. The Kier molecular flexibility index (Phi) is 3.18. The van der Waals surface area contributed by atoms with E-state index in [1.165, 1.54) is 19.1 Å². The number of sulfonamides is 1. The van der Waals surface area contributed by atoms with Crippen molar-refractivity contribution in [2.75, 3.05) is 11.0 Å². The van der Waals surface area contributed by atoms with Crippen LogP contribution in [0.3, 0.4) is 0 Å². The van der Waals surface area contributed by atoms with Gasteiger partial charge in [-0.25, -0.2) is 8.42 Å². The average Bonchev–Trinajstić information content (AvgIpc) is 2.04. The van der Waals surface area contributed by atoms with Gasteiger partial charge >= 0.3 is 6.18 Å². The minimum atomic E-state index is -4.49. The van der Waals surface area contributed by atoms with Crippen LogP contribution in [-0.2, 0) is 16.2 Å². The summed E-state index contributed by atoms with van der Waals surface area (Å²) in [7, 11) is -3.57. The van der Waals surface area contributed by atoms with E-state index in [1.807, 2.05) is 4.72 Å². The molecular formula is C9H10F3NO2S. The number of hydrogen-bond acceptors (Lipinski definition) is 2. The Labute approximate surface area is 91.3 Å². The van der Waals surface area contributed by atoms with Gasteiger partial charge < -0.3 is 0 Å². The maximum atomic E-state index is 12.5. The predicted molar refractivity (Wildman–Crippen MR) is 54.6 cm³/mol. The molecule has 0 unspecified atom stereocenters. The van der Waals surface area contributed by atoms with E-state index in [9.17, 15) is 21.6 Å². The van der Waals surface area contributed by atoms with Crippen LogP contribution in [0.1, 0.15) is 11.1 Å². The van der Waals surface area contributed by atoms with Crippen molar-refractivity contribution < 1.29 is 21.6 Å². The van der Waals surface area contributed by atoms with Gasteiger partial charge in [-0.1, -0.05) is 6.07 Å². The van der Waals surface area contributed by atoms with Crippen LogP contribution >= 0.6 is 0 Å². The van der Waals surface area contributed by atoms with E-state index >= 15 is 0 Å². The molecule has 0 radical (unpaired) electrons. The zero-order valence-corrected chi connectivity index (χ0v) is 9.41. The first-order valence-corrected chi connectivity index (χ1v) is 6.14. The number of benzene rings is 1. The summed E-state index contributed by atoms with van der Waals surface area (Å²) in [6, 6.07) is 3.28. The fourth-order valence-corrected chi connectivity index (χ4v) is 1.76. The Morgan fingerprint density at radius 2 is 1.81 bits per heavy atom. The van der Waals surface area contributed by atoms with Crippen LogP contribution < -0.4 is 4.72 Å². The Balaban J connectivity index is 3.18. The molecule has 0 amide bonds. The van der Waals surface area contributed by atoms with Crippen molar-refractivity contribution in [2.45, 2.75) is 13.1 Å². The molecule has 7 heteroatoms. The van der Waals surface area contributed by atoms with Gasteiger partial charge in [-0.15, -0.1) is 0 Å². The standard InChI is InChI=1S/C9H10F3NO2S/c1-6-3-4-7(13-16(2,14)15)5-8(6)9(10,11)12/h3-5,13H,1-2H3. The van der Waals surface area contributed by atoms with Crippen molar-refractivity contribution in [3.63, 3.8) is 0 Å². The number of anilines is 1. The highest BCUT2D eigenvalue weighted by atomic mass is 32.2. The third-order valence-electron chi connectivity index (χ3n) is 1.85. The van der Waals surface area contributed by atoms with Crippen LogP contribution in [0.5, 0.6) is 0 Å². The number of rotatable bonds is 2. The number of nitrogens with one attached hydrogen (secondary N) is 1. The molecule has 3 nitrogen and oxygen atoms in total. The highest BCUT2D eigenvalue weighted by Crippen LogP contribution is 2.33. The molecule has 0 saturated heterocycles. The maximum Gasteiger partial charge on any atom is 0.416 e. The van der Waals surface area contributed by atoms with Gasteiger partial charge in [0.25, 0.3) is 0 Å². The third kappa shape index (κ3) is 3.41. The third-order valence-corrected chi connectivity index (χ3v) is 2.45. The van der Waals surface area contributed by atoms with Gasteiger partial charge in [0.2, 0.25) is 10.0 Å². The van der Waals surface area contributed by atoms with Gasteiger partial charge in [0, 0.05) is 5.69 Å². The zero-order chi connectivity index (χ0) is 12.6. The second-order valence-corrected chi connectivity index (χ2v) is 5.15. The lowest BCUT2D eigenvalue weighted by Gasteiger charge is -2.12. The fraction of sp³-hybridized carbons (Fsp3) is 0.333. The molecule has 0 aromatic heterocycles. The second-order valence-electron chi connectivity index (χ2n) is 3.40. The largest absolute Gasteiger partial charge is 0.416 e. The van der Waals surface area contributed by atoms with E-state index in [0.29, 0.717) is 0 Å². The van der Waals surface area contributed by atoms with Crippen molar-refractivity contribution in [3.8, 4) is 0 Å². The van der Waals surface area contributed by atoms with Crippen LogP contribution in [0.25, 0.3) is 0 Å². The maximum absolute atomic E-state index is 12.5. The molecule has 0 aliphatic carbocycles. The zero-order valence-electron chi connectivity index (χ0n) is 8.59. The molecule has 16 heavy (non-hydrogen) atoms. The lowest BCUT2D eigenvalue weighted by Crippen LogP contribution is -2.12. The molecule has 0 bridgehead atoms. The molecule has 1 rings (SSSR count). The number of halogens is 3. The summed E-state index contributed by atoms with van der Waals surface area (Å²) in [5, 5.41) is 0. The molecule has 0 aliphatic heterocycles. The van der Waals surface area contributed by atoms with Gasteiger partial charge in [-0.05, 0) is 24.6 Å². The van der Waals surface area contributed by atoms with E-state index in [1.54, 1.807) is 0 Å². The van der Waals surface area contributed by atoms with Crippen LogP contribution in [0.2, 0.25) is 0 Å². The summed E-state index contributed by atoms with van der Waals surface area (Å²) in [6.45, 7) is 1.31. The van der Waals surface area contributed by atoms with Crippen LogP contribution in [0, 0.1) is 6.92 Å². The van der Waals surface area contributed by atoms with Crippen molar-refractivity contribution in [1.82, 2.24) is 0 Å². The van der Waals surface area contributed by atoms with Crippen molar-refractivity contribution in [2.24, 2.45) is 0 Å². The van der Waals surface area contributed by atoms with Crippen molar-refractivity contribution in [1.29, 1.82) is 0 Å². The number of alkyl halides is 3. The first-order valence-electron chi connectivity index (χ1n) is 4.25. The van der Waals surface area contributed by atoms with Crippen molar-refractivity contribution >= 4 is 15.7 Å². The molecule has 0 heterocycles. The molecule has 0 spiro atoms. The lowest BCUT2D eigenvalue weighted by molar-refractivity contribution is -0.138. The molecule has 0 aliphatic rings. The molecule has 0 fully saturated rings. The van der Waals surface area contributed by atoms with E-state index < -0.39 is 21.8 Å². The summed E-state index contributed by atoms with van der Waals surface area (Å²) in [4.78, 5) is 0. The minimum Gasteiger partial charge on any atom is -0.284 e. The molecule has 0 atom stereocenters. The Hall–Kier alpha value is -1.24. The Bertz CT molecular complexity index is 494. The molecule has 0 saturated carbocycles. The molecule has 1 aromatic carbocycles. The Morgan fingerprint density at radius 1 is 1.25 bits per heavy atom. The van der Waals surface area contributed by atoms with Crippen LogP contribution in [0.4, 0.5) is 18.9 Å². The summed E-state index contributed by atoms with van der Waals surface area (Å²) >= 11 is 0. The van der Waals surface area contributed by atoms with Gasteiger partial charge in [-0.3, -0.25) is 4.72 Å². The Morgan fingerprint density at radius 3 is 2.25 bits per heavy atom. The van der Waals surface area contributed by atoms with Gasteiger partial charge in [-0.2, -0.15) is 13.2 Å². The average molecular weight is 253 g/mol. The monoisotopic (exact) mass is 253 g/mol. The first kappa shape index (κ1) is 12.8. The van der Waals surface area contributed by atoms with Gasteiger partial charge in [0.15, 0.2) is 0 Å². The quantitative estimate of drug-likeness (QED) is 0.879. The van der Waals surface area contributed by atoms with E-state index in [-0.39, 0.29) is 11.3 Å². The predicted octanol–water partition coefficient (Wildman–Crippen LogP) is 2.39. The van der Waals surface area contributed by atoms with E-state index in [0.717, 1.165) is 12.3 Å². The fourth-order valence-electron chi connectivity index (χ4n) is 1.20. The van der Waals surface area contributed by atoms with Crippen LogP contribution in [0.15, 0.2) is 18.2 Å². The van der Waals surface area contributed by atoms with Crippen molar-refractivity contribution in [3.05, 3.63) is 29.3 Å². The molecule has 1 aromatic rings. The minimum absolute atomic E-state index is 0.0477. The number of aryl methyl sites for hydroxylation is 1. The smallest absolute Gasteiger partial charge is 0.284 e. The molecular weight excluding hydrogens is 243 g/mol.